The lowest BCUT2D eigenvalue weighted by atomic mass is 9.81. The monoisotopic (exact) mass is 536 g/mol. The molecule has 1 aliphatic carbocycles. The van der Waals surface area contributed by atoms with E-state index in [-0.39, 0.29) is 11.9 Å². The van der Waals surface area contributed by atoms with E-state index in [9.17, 15) is 9.18 Å². The number of likely N-dealkylation sites (tertiary alicyclic amines) is 1. The van der Waals surface area contributed by atoms with Gasteiger partial charge in [-0.05, 0) is 72.6 Å². The Morgan fingerprint density at radius 2 is 2.03 bits per heavy atom. The minimum absolute atomic E-state index is 0.121. The smallest absolute Gasteiger partial charge is 0.240 e. The molecule has 0 radical (unpaired) electrons. The predicted molar refractivity (Wildman–Crippen MR) is 147 cm³/mol. The van der Waals surface area contributed by atoms with Crippen LogP contribution in [0.15, 0.2) is 17.6 Å². The molecule has 1 saturated carbocycles. The fraction of sp³-hybridized carbons (Fsp3) is 0.621. The summed E-state index contributed by atoms with van der Waals surface area (Å²) >= 11 is 2.02. The van der Waals surface area contributed by atoms with Crippen molar-refractivity contribution in [3.63, 3.8) is 0 Å². The van der Waals surface area contributed by atoms with Gasteiger partial charge in [0.05, 0.1) is 16.8 Å². The van der Waals surface area contributed by atoms with Crippen LogP contribution in [-0.4, -0.2) is 67.0 Å². The van der Waals surface area contributed by atoms with Crippen molar-refractivity contribution >= 4 is 23.3 Å². The van der Waals surface area contributed by atoms with Gasteiger partial charge >= 0.3 is 0 Å². The summed E-state index contributed by atoms with van der Waals surface area (Å²) in [5.74, 6) is 2.11. The highest BCUT2D eigenvalue weighted by atomic mass is 32.2. The first-order chi connectivity index (χ1) is 18.2. The molecular formula is C29H37FN6OS. The number of nitrogens with zero attached hydrogens (tertiary/aromatic N) is 4. The number of alkyl halides is 1. The number of aromatic amines is 1. The number of halogens is 1. The van der Waals surface area contributed by atoms with Gasteiger partial charge in [0.25, 0.3) is 0 Å². The minimum Gasteiger partial charge on any atom is -0.349 e. The van der Waals surface area contributed by atoms with Gasteiger partial charge in [0.15, 0.2) is 5.65 Å². The third-order valence-corrected chi connectivity index (χ3v) is 11.5. The molecule has 7 atom stereocenters. The van der Waals surface area contributed by atoms with E-state index >= 15 is 0 Å². The van der Waals surface area contributed by atoms with Gasteiger partial charge in [-0.3, -0.25) is 4.79 Å². The number of hydrogen-bond acceptors (Lipinski definition) is 5. The maximum atomic E-state index is 13.7. The highest BCUT2D eigenvalue weighted by Gasteiger charge is 2.53. The van der Waals surface area contributed by atoms with E-state index in [1.54, 1.807) is 6.33 Å². The number of rotatable bonds is 4. The van der Waals surface area contributed by atoms with E-state index < -0.39 is 6.17 Å². The Kier molecular flexibility index (Phi) is 5.71. The summed E-state index contributed by atoms with van der Waals surface area (Å²) in [6.07, 6.45) is 5.34. The van der Waals surface area contributed by atoms with Gasteiger partial charge in [0.2, 0.25) is 5.91 Å². The largest absolute Gasteiger partial charge is 0.349 e. The fourth-order valence-corrected chi connectivity index (χ4v) is 9.63. The van der Waals surface area contributed by atoms with Crippen molar-refractivity contribution < 1.29 is 9.18 Å². The molecular weight excluding hydrogens is 499 g/mol. The van der Waals surface area contributed by atoms with Gasteiger partial charge < -0.3 is 15.2 Å². The number of pyridine rings is 1. The number of aryl methyl sites for hydroxylation is 1. The summed E-state index contributed by atoms with van der Waals surface area (Å²) in [5, 5.41) is 9.36. The molecule has 38 heavy (non-hydrogen) atoms. The lowest BCUT2D eigenvalue weighted by Gasteiger charge is -2.36. The minimum atomic E-state index is -0.896. The average molecular weight is 537 g/mol. The first kappa shape index (κ1) is 24.6. The van der Waals surface area contributed by atoms with Gasteiger partial charge in [-0.2, -0.15) is 5.10 Å². The lowest BCUT2D eigenvalue weighted by molar-refractivity contribution is -0.135. The average Bonchev–Trinajstić information content (AvgIpc) is 3.71. The second-order valence-electron chi connectivity index (χ2n) is 12.3. The quantitative estimate of drug-likeness (QED) is 0.492. The van der Waals surface area contributed by atoms with Gasteiger partial charge in [-0.15, -0.1) is 11.8 Å². The summed E-state index contributed by atoms with van der Waals surface area (Å²) in [5.41, 5.74) is 8.66. The summed E-state index contributed by atoms with van der Waals surface area (Å²) < 4.78 is 15.6. The van der Waals surface area contributed by atoms with E-state index in [4.69, 9.17) is 0 Å². The van der Waals surface area contributed by atoms with Crippen molar-refractivity contribution in [2.24, 2.45) is 11.8 Å². The number of thioether (sulfide) groups is 1. The number of piperidine rings is 1. The number of aromatic nitrogens is 4. The van der Waals surface area contributed by atoms with Crippen LogP contribution in [0.5, 0.6) is 0 Å². The van der Waals surface area contributed by atoms with Crippen molar-refractivity contribution in [1.29, 1.82) is 0 Å². The molecule has 3 aliphatic heterocycles. The standard InChI is InChI=1S/C29H37FN6OS/c1-13(2)23-24-16(5)26(20-8-19-6-17(20)10-35(19)29(37)22-7-18(30)9-31-22)38-28(24)34-25(23)21-11-36-27(32-12-33-36)15(4)14(21)3/h11-13,16-20,22,26,31,34H,6-10H2,1-5H3/t16?,17?,18-,19?,20+,22+,26?/m0/s1. The maximum absolute atomic E-state index is 13.7. The Hall–Kier alpha value is -2.39. The number of hydrogen-bond donors (Lipinski definition) is 2. The van der Waals surface area contributed by atoms with Crippen LogP contribution in [0.1, 0.15) is 74.1 Å². The fourth-order valence-electron chi connectivity index (χ4n) is 7.92. The SMILES string of the molecule is Cc1c(-c2[nH]c3c(c2C(C)C)C(C)C([C@@H]2CC4CC2CN4C(=O)[C@H]2C[C@H](F)CN2)S3)cn2ncnc2c1C. The first-order valence-electron chi connectivity index (χ1n) is 14.1. The molecule has 6 heterocycles. The van der Waals surface area contributed by atoms with Crippen molar-refractivity contribution in [3.05, 3.63) is 34.8 Å². The van der Waals surface area contributed by atoms with Crippen molar-refractivity contribution in [2.45, 2.75) is 94.2 Å². The zero-order valence-corrected chi connectivity index (χ0v) is 23.6. The molecule has 4 unspecified atom stereocenters. The van der Waals surface area contributed by atoms with E-state index in [1.807, 2.05) is 16.3 Å². The van der Waals surface area contributed by atoms with Crippen LogP contribution in [0.4, 0.5) is 4.39 Å². The number of fused-ring (bicyclic) bond motifs is 4. The molecule has 7 rings (SSSR count). The van der Waals surface area contributed by atoms with Crippen molar-refractivity contribution in [1.82, 2.24) is 29.8 Å². The second kappa shape index (κ2) is 8.81. The molecule has 4 aliphatic rings. The molecule has 3 aromatic heterocycles. The number of amides is 1. The van der Waals surface area contributed by atoms with Crippen LogP contribution >= 0.6 is 11.8 Å². The molecule has 9 heteroatoms. The highest BCUT2D eigenvalue weighted by molar-refractivity contribution is 8.00. The number of H-pyrrole nitrogens is 1. The van der Waals surface area contributed by atoms with Crippen molar-refractivity contribution in [3.8, 4) is 11.3 Å². The van der Waals surface area contributed by atoms with Gasteiger partial charge in [-0.1, -0.05) is 20.8 Å². The molecule has 3 fully saturated rings. The van der Waals surface area contributed by atoms with Crippen LogP contribution in [0.2, 0.25) is 0 Å². The highest BCUT2D eigenvalue weighted by Crippen LogP contribution is 2.58. The molecule has 202 valence electrons. The number of nitrogens with one attached hydrogen (secondary N) is 2. The van der Waals surface area contributed by atoms with Gasteiger partial charge in [-0.25, -0.2) is 13.9 Å². The van der Waals surface area contributed by atoms with E-state index in [1.165, 1.54) is 38.5 Å². The zero-order valence-electron chi connectivity index (χ0n) is 22.8. The molecule has 0 spiro atoms. The molecule has 1 amide bonds. The third-order valence-electron chi connectivity index (χ3n) is 9.89. The third kappa shape index (κ3) is 3.53. The number of carbonyl (C=O) groups is 1. The topological polar surface area (TPSA) is 78.3 Å². The van der Waals surface area contributed by atoms with Gasteiger partial charge in [0.1, 0.15) is 12.5 Å². The normalized spacial score (nSPS) is 32.3. The summed E-state index contributed by atoms with van der Waals surface area (Å²) in [6.45, 7) is 12.5. The van der Waals surface area contributed by atoms with Crippen LogP contribution in [-0.2, 0) is 4.79 Å². The van der Waals surface area contributed by atoms with Gasteiger partial charge in [0, 0.05) is 42.6 Å². The first-order valence-corrected chi connectivity index (χ1v) is 15.0. The number of carbonyl (C=O) groups excluding carboxylic acids is 1. The van der Waals surface area contributed by atoms with Crippen LogP contribution in [0.3, 0.4) is 0 Å². The predicted octanol–water partition coefficient (Wildman–Crippen LogP) is 4.98. The van der Waals surface area contributed by atoms with Crippen LogP contribution < -0.4 is 5.32 Å². The summed E-state index contributed by atoms with van der Waals surface area (Å²) in [7, 11) is 0. The second-order valence-corrected chi connectivity index (χ2v) is 13.5. The molecule has 7 nitrogen and oxygen atoms in total. The molecule has 2 saturated heterocycles. The van der Waals surface area contributed by atoms with E-state index in [2.05, 4.69) is 66.1 Å². The summed E-state index contributed by atoms with van der Waals surface area (Å²) in [6, 6.07) is -0.0249. The Bertz CT molecular complexity index is 1430. The van der Waals surface area contributed by atoms with Crippen molar-refractivity contribution in [2.75, 3.05) is 13.1 Å². The Morgan fingerprint density at radius 3 is 2.71 bits per heavy atom. The zero-order chi connectivity index (χ0) is 26.5. The summed E-state index contributed by atoms with van der Waals surface area (Å²) in [4.78, 5) is 23.5. The Labute approximate surface area is 227 Å². The van der Waals surface area contributed by atoms with Crippen LogP contribution in [0, 0.1) is 25.7 Å². The molecule has 2 N–H and O–H groups in total. The van der Waals surface area contributed by atoms with E-state index in [0.29, 0.717) is 47.9 Å². The molecule has 2 bridgehead atoms. The maximum Gasteiger partial charge on any atom is 0.240 e. The Morgan fingerprint density at radius 1 is 1.21 bits per heavy atom. The Balaban J connectivity index is 1.15. The van der Waals surface area contributed by atoms with Crippen LogP contribution in [0.25, 0.3) is 16.9 Å². The molecule has 0 aromatic carbocycles. The molecule has 3 aromatic rings. The lowest BCUT2D eigenvalue weighted by Crippen LogP contribution is -2.49. The van der Waals surface area contributed by atoms with E-state index in [0.717, 1.165) is 25.0 Å².